The van der Waals surface area contributed by atoms with Crippen LogP contribution in [0.3, 0.4) is 0 Å². The Morgan fingerprint density at radius 3 is 2.79 bits per heavy atom. The number of anilines is 1. The molecule has 0 bridgehead atoms. The summed E-state index contributed by atoms with van der Waals surface area (Å²) in [7, 11) is 0. The minimum absolute atomic E-state index is 0.0182. The third-order valence-corrected chi connectivity index (χ3v) is 6.13. The third kappa shape index (κ3) is 3.97. The molecule has 1 amide bonds. The van der Waals surface area contributed by atoms with Crippen molar-refractivity contribution in [3.63, 3.8) is 0 Å². The number of amides is 1. The number of carbonyl (C=O) groups is 1. The van der Waals surface area contributed by atoms with Crippen molar-refractivity contribution in [1.82, 2.24) is 14.8 Å². The Hall–Kier alpha value is -2.21. The van der Waals surface area contributed by atoms with E-state index in [4.69, 9.17) is 0 Å². The Bertz CT molecular complexity index is 850. The Kier molecular flexibility index (Phi) is 5.49. The van der Waals surface area contributed by atoms with E-state index in [-0.39, 0.29) is 18.5 Å². The van der Waals surface area contributed by atoms with Gasteiger partial charge in [0.1, 0.15) is 6.17 Å². The highest BCUT2D eigenvalue weighted by Crippen LogP contribution is 2.28. The third-order valence-electron chi connectivity index (χ3n) is 6.13. The fourth-order valence-electron chi connectivity index (χ4n) is 4.49. The van der Waals surface area contributed by atoms with Gasteiger partial charge < -0.3 is 10.2 Å². The highest BCUT2D eigenvalue weighted by atomic mass is 19.1. The summed E-state index contributed by atoms with van der Waals surface area (Å²) >= 11 is 0. The molecule has 0 aliphatic carbocycles. The summed E-state index contributed by atoms with van der Waals surface area (Å²) in [5.74, 6) is 0.0648. The first-order valence-electron chi connectivity index (χ1n) is 10.3. The molecule has 2 atom stereocenters. The van der Waals surface area contributed by atoms with Crippen LogP contribution in [0.25, 0.3) is 10.9 Å². The summed E-state index contributed by atoms with van der Waals surface area (Å²) in [6.45, 7) is 6.49. The van der Waals surface area contributed by atoms with E-state index in [0.29, 0.717) is 19.0 Å². The first-order chi connectivity index (χ1) is 13.5. The van der Waals surface area contributed by atoms with Gasteiger partial charge in [-0.1, -0.05) is 6.07 Å². The molecule has 2 aliphatic rings. The van der Waals surface area contributed by atoms with Crippen LogP contribution >= 0.6 is 0 Å². The van der Waals surface area contributed by atoms with Gasteiger partial charge in [-0.05, 0) is 50.5 Å². The molecule has 2 aromatic rings. The van der Waals surface area contributed by atoms with Crippen molar-refractivity contribution in [2.75, 3.05) is 31.5 Å². The highest BCUT2D eigenvalue weighted by Gasteiger charge is 2.33. The molecule has 6 heteroatoms. The zero-order valence-corrected chi connectivity index (χ0v) is 16.7. The van der Waals surface area contributed by atoms with E-state index in [2.05, 4.69) is 40.3 Å². The number of nitrogens with one attached hydrogen (secondary N) is 1. The molecule has 3 heterocycles. The van der Waals surface area contributed by atoms with Gasteiger partial charge in [0.2, 0.25) is 5.91 Å². The van der Waals surface area contributed by atoms with Crippen LogP contribution in [0.1, 0.15) is 31.7 Å². The fourth-order valence-corrected chi connectivity index (χ4v) is 4.49. The molecule has 2 fully saturated rings. The predicted molar refractivity (Wildman–Crippen MR) is 110 cm³/mol. The average Bonchev–Trinajstić information content (AvgIpc) is 3.04. The number of aryl methyl sites for hydroxylation is 1. The Labute approximate surface area is 165 Å². The van der Waals surface area contributed by atoms with E-state index in [1.54, 1.807) is 4.90 Å². The fraction of sp³-hybridized carbons (Fsp3) is 0.545. The predicted octanol–water partition coefficient (Wildman–Crippen LogP) is 3.38. The Morgan fingerprint density at radius 1 is 1.29 bits per heavy atom. The maximum absolute atomic E-state index is 13.5. The second kappa shape index (κ2) is 8.03. The van der Waals surface area contributed by atoms with E-state index in [0.717, 1.165) is 36.8 Å². The van der Waals surface area contributed by atoms with Crippen LogP contribution in [0.15, 0.2) is 30.5 Å². The summed E-state index contributed by atoms with van der Waals surface area (Å²) in [5, 5.41) is 4.88. The number of nitrogens with zero attached hydrogens (tertiary/aromatic N) is 3. The molecule has 2 aliphatic heterocycles. The first-order valence-corrected chi connectivity index (χ1v) is 10.3. The molecule has 1 N–H and O–H groups in total. The number of piperidine rings is 1. The lowest BCUT2D eigenvalue weighted by molar-refractivity contribution is -0.133. The highest BCUT2D eigenvalue weighted by molar-refractivity contribution is 5.93. The van der Waals surface area contributed by atoms with Crippen molar-refractivity contribution < 1.29 is 9.18 Å². The summed E-state index contributed by atoms with van der Waals surface area (Å²) in [4.78, 5) is 20.9. The lowest BCUT2D eigenvalue weighted by Gasteiger charge is -2.34. The zero-order chi connectivity index (χ0) is 19.7. The molecule has 0 unspecified atom stereocenters. The minimum Gasteiger partial charge on any atom is -0.381 e. The van der Waals surface area contributed by atoms with Gasteiger partial charge in [-0.15, -0.1) is 0 Å². The normalized spacial score (nSPS) is 24.0. The number of fused-ring (bicyclic) bond motifs is 1. The average molecular weight is 384 g/mol. The van der Waals surface area contributed by atoms with E-state index >= 15 is 0 Å². The minimum atomic E-state index is -0.868. The van der Waals surface area contributed by atoms with Gasteiger partial charge >= 0.3 is 0 Å². The van der Waals surface area contributed by atoms with Crippen LogP contribution in [-0.2, 0) is 4.79 Å². The largest absolute Gasteiger partial charge is 0.381 e. The number of likely N-dealkylation sites (tertiary alicyclic amines) is 2. The van der Waals surface area contributed by atoms with Gasteiger partial charge in [0, 0.05) is 48.9 Å². The van der Waals surface area contributed by atoms with Crippen LogP contribution < -0.4 is 5.32 Å². The molecule has 2 saturated heterocycles. The number of carbonyl (C=O) groups excluding carboxylic acids is 1. The van der Waals surface area contributed by atoms with Gasteiger partial charge in [-0.3, -0.25) is 14.7 Å². The topological polar surface area (TPSA) is 48.5 Å². The number of alkyl halides is 1. The molecule has 4 rings (SSSR count). The molecule has 0 spiro atoms. The molecule has 5 nitrogen and oxygen atoms in total. The second-order valence-corrected chi connectivity index (χ2v) is 8.25. The lowest BCUT2D eigenvalue weighted by atomic mass is 10.0. The summed E-state index contributed by atoms with van der Waals surface area (Å²) in [6, 6.07) is 8.66. The van der Waals surface area contributed by atoms with E-state index in [1.165, 1.54) is 11.3 Å². The van der Waals surface area contributed by atoms with Crippen molar-refractivity contribution in [3.8, 4) is 0 Å². The van der Waals surface area contributed by atoms with Crippen LogP contribution in [0.2, 0.25) is 0 Å². The molecule has 1 aromatic carbocycles. The molecular weight excluding hydrogens is 355 g/mol. The van der Waals surface area contributed by atoms with E-state index < -0.39 is 6.17 Å². The van der Waals surface area contributed by atoms with Crippen molar-refractivity contribution in [1.29, 1.82) is 0 Å². The molecule has 0 saturated carbocycles. The molecule has 28 heavy (non-hydrogen) atoms. The van der Waals surface area contributed by atoms with Gasteiger partial charge in [0.05, 0.1) is 18.6 Å². The van der Waals surface area contributed by atoms with Crippen LogP contribution in [0.5, 0.6) is 0 Å². The van der Waals surface area contributed by atoms with Crippen LogP contribution in [-0.4, -0.2) is 65.1 Å². The molecule has 0 radical (unpaired) electrons. The second-order valence-electron chi connectivity index (χ2n) is 8.25. The lowest BCUT2D eigenvalue weighted by Crippen LogP contribution is -2.46. The van der Waals surface area contributed by atoms with E-state index in [9.17, 15) is 9.18 Å². The zero-order valence-electron chi connectivity index (χ0n) is 16.7. The van der Waals surface area contributed by atoms with Crippen molar-refractivity contribution >= 4 is 22.5 Å². The number of benzene rings is 1. The quantitative estimate of drug-likeness (QED) is 0.878. The maximum atomic E-state index is 13.5. The van der Waals surface area contributed by atoms with Crippen molar-refractivity contribution in [2.45, 2.75) is 51.4 Å². The van der Waals surface area contributed by atoms with Crippen LogP contribution in [0, 0.1) is 6.92 Å². The number of aromatic nitrogens is 1. The smallest absolute Gasteiger partial charge is 0.237 e. The monoisotopic (exact) mass is 384 g/mol. The number of hydrogen-bond acceptors (Lipinski definition) is 4. The van der Waals surface area contributed by atoms with Gasteiger partial charge in [-0.25, -0.2) is 4.39 Å². The van der Waals surface area contributed by atoms with Crippen molar-refractivity contribution in [3.05, 3.63) is 36.0 Å². The van der Waals surface area contributed by atoms with Gasteiger partial charge in [-0.2, -0.15) is 0 Å². The molecular formula is C22H29FN4O. The first kappa shape index (κ1) is 19.1. The number of pyridine rings is 1. The Morgan fingerprint density at radius 2 is 2.07 bits per heavy atom. The maximum Gasteiger partial charge on any atom is 0.237 e. The van der Waals surface area contributed by atoms with Crippen molar-refractivity contribution in [2.24, 2.45) is 0 Å². The van der Waals surface area contributed by atoms with Gasteiger partial charge in [0.15, 0.2) is 0 Å². The SMILES string of the molecule is Cc1ccc2ncccc2c1NC1CCN(CC(=O)N2C[C@@H](F)C[C@H]2C)CC1. The van der Waals surface area contributed by atoms with Crippen LogP contribution in [0.4, 0.5) is 10.1 Å². The Balaban J connectivity index is 1.34. The number of hydrogen-bond donors (Lipinski definition) is 1. The summed E-state index contributed by atoms with van der Waals surface area (Å²) < 4.78 is 13.5. The summed E-state index contributed by atoms with van der Waals surface area (Å²) in [6.07, 6.45) is 3.41. The summed E-state index contributed by atoms with van der Waals surface area (Å²) in [5.41, 5.74) is 3.39. The van der Waals surface area contributed by atoms with Gasteiger partial charge in [0.25, 0.3) is 0 Å². The molecule has 1 aromatic heterocycles. The molecule has 150 valence electrons. The number of halogens is 1. The standard InChI is InChI=1S/C22H29FN4O/c1-15-5-6-20-19(4-3-9-24-20)22(15)25-18-7-10-26(11-8-18)14-21(28)27-13-17(23)12-16(27)2/h3-6,9,16-18,25H,7-8,10-14H2,1-2H3/t16-,17+/m1/s1. The number of rotatable bonds is 4. The van der Waals surface area contributed by atoms with E-state index in [1.807, 2.05) is 19.2 Å².